The number of aromatic nitrogens is 1. The fourth-order valence-corrected chi connectivity index (χ4v) is 2.78. The SMILES string of the molecule is Cc1c(C(=O)NCC(=O)OCc2ccc(C#N)cn2)ccc2c1B(O)OC2. The molecule has 1 aromatic heterocycles. The average molecular weight is 365 g/mol. The zero-order chi connectivity index (χ0) is 19.4. The first-order chi connectivity index (χ1) is 13.0. The van der Waals surface area contributed by atoms with Crippen LogP contribution in [0.2, 0.25) is 0 Å². The molecule has 2 heterocycles. The molecule has 9 heteroatoms. The van der Waals surface area contributed by atoms with Crippen molar-refractivity contribution in [2.75, 3.05) is 6.54 Å². The van der Waals surface area contributed by atoms with Crippen molar-refractivity contribution < 1.29 is 24.0 Å². The summed E-state index contributed by atoms with van der Waals surface area (Å²) in [6.45, 7) is 1.67. The van der Waals surface area contributed by atoms with Crippen LogP contribution in [0.15, 0.2) is 30.5 Å². The highest BCUT2D eigenvalue weighted by molar-refractivity contribution is 6.62. The Hall–Kier alpha value is -3.22. The van der Waals surface area contributed by atoms with E-state index in [1.807, 2.05) is 6.07 Å². The molecule has 0 radical (unpaired) electrons. The molecule has 0 saturated carbocycles. The van der Waals surface area contributed by atoms with Gasteiger partial charge in [-0.25, -0.2) is 0 Å². The van der Waals surface area contributed by atoms with Crippen LogP contribution in [0.25, 0.3) is 0 Å². The molecule has 1 aliphatic rings. The molecule has 0 aliphatic carbocycles. The van der Waals surface area contributed by atoms with E-state index < -0.39 is 19.0 Å². The van der Waals surface area contributed by atoms with Crippen LogP contribution in [0.3, 0.4) is 0 Å². The molecular weight excluding hydrogens is 349 g/mol. The first-order valence-corrected chi connectivity index (χ1v) is 8.20. The zero-order valence-corrected chi connectivity index (χ0v) is 14.6. The summed E-state index contributed by atoms with van der Waals surface area (Å²) in [5, 5.41) is 21.1. The van der Waals surface area contributed by atoms with E-state index in [-0.39, 0.29) is 13.2 Å². The Morgan fingerprint density at radius 3 is 2.93 bits per heavy atom. The van der Waals surface area contributed by atoms with Crippen LogP contribution in [-0.4, -0.2) is 35.5 Å². The molecule has 0 saturated heterocycles. The summed E-state index contributed by atoms with van der Waals surface area (Å²) in [5.74, 6) is -1.06. The van der Waals surface area contributed by atoms with Gasteiger partial charge >= 0.3 is 13.1 Å². The van der Waals surface area contributed by atoms with Gasteiger partial charge in [0.2, 0.25) is 0 Å². The van der Waals surface area contributed by atoms with Crippen molar-refractivity contribution in [1.29, 1.82) is 5.26 Å². The van der Waals surface area contributed by atoms with Gasteiger partial charge in [-0.15, -0.1) is 0 Å². The summed E-state index contributed by atoms with van der Waals surface area (Å²) < 4.78 is 10.2. The van der Waals surface area contributed by atoms with Crippen LogP contribution >= 0.6 is 0 Å². The highest BCUT2D eigenvalue weighted by atomic mass is 16.5. The number of nitriles is 1. The van der Waals surface area contributed by atoms with Crippen LogP contribution in [0.1, 0.15) is 32.7 Å². The molecule has 1 aliphatic heterocycles. The van der Waals surface area contributed by atoms with Gasteiger partial charge in [0.05, 0.1) is 17.9 Å². The van der Waals surface area contributed by atoms with E-state index in [0.717, 1.165) is 5.56 Å². The number of pyridine rings is 1. The number of fused-ring (bicyclic) bond motifs is 1. The lowest BCUT2D eigenvalue weighted by Gasteiger charge is -2.11. The van der Waals surface area contributed by atoms with Crippen molar-refractivity contribution in [1.82, 2.24) is 10.3 Å². The molecule has 0 fully saturated rings. The van der Waals surface area contributed by atoms with Gasteiger partial charge in [0, 0.05) is 11.8 Å². The molecule has 8 nitrogen and oxygen atoms in total. The monoisotopic (exact) mass is 365 g/mol. The minimum atomic E-state index is -1.04. The van der Waals surface area contributed by atoms with E-state index in [1.54, 1.807) is 31.2 Å². The number of hydrogen-bond acceptors (Lipinski definition) is 7. The third-order valence-corrected chi connectivity index (χ3v) is 4.22. The lowest BCUT2D eigenvalue weighted by atomic mass is 9.75. The normalized spacial score (nSPS) is 12.3. The average Bonchev–Trinajstić information content (AvgIpc) is 3.07. The fourth-order valence-electron chi connectivity index (χ4n) is 2.78. The van der Waals surface area contributed by atoms with Gasteiger partial charge in [-0.3, -0.25) is 14.6 Å². The Kier molecular flexibility index (Phi) is 5.50. The van der Waals surface area contributed by atoms with Gasteiger partial charge in [0.15, 0.2) is 0 Å². The summed E-state index contributed by atoms with van der Waals surface area (Å²) in [5.41, 5.74) is 3.32. The summed E-state index contributed by atoms with van der Waals surface area (Å²) in [6.07, 6.45) is 1.39. The van der Waals surface area contributed by atoms with Gasteiger partial charge in [0.25, 0.3) is 5.91 Å². The van der Waals surface area contributed by atoms with Gasteiger partial charge in [0.1, 0.15) is 19.2 Å². The first kappa shape index (κ1) is 18.6. The summed E-state index contributed by atoms with van der Waals surface area (Å²) in [7, 11) is -1.04. The Bertz CT molecular complexity index is 924. The number of nitrogens with zero attached hydrogens (tertiary/aromatic N) is 2. The topological polar surface area (TPSA) is 122 Å². The van der Waals surface area contributed by atoms with Crippen molar-refractivity contribution in [2.24, 2.45) is 0 Å². The van der Waals surface area contributed by atoms with Gasteiger partial charge in [-0.05, 0) is 41.7 Å². The Balaban J connectivity index is 1.54. The van der Waals surface area contributed by atoms with Crippen LogP contribution < -0.4 is 10.8 Å². The number of rotatable bonds is 5. The maximum absolute atomic E-state index is 12.3. The molecule has 136 valence electrons. The van der Waals surface area contributed by atoms with E-state index in [0.29, 0.717) is 34.5 Å². The van der Waals surface area contributed by atoms with Gasteiger partial charge in [-0.2, -0.15) is 5.26 Å². The Labute approximate surface area is 155 Å². The van der Waals surface area contributed by atoms with Crippen LogP contribution in [0.4, 0.5) is 0 Å². The molecular formula is C18H16BN3O5. The molecule has 0 spiro atoms. The van der Waals surface area contributed by atoms with Crippen LogP contribution in [0.5, 0.6) is 0 Å². The van der Waals surface area contributed by atoms with Crippen LogP contribution in [0, 0.1) is 18.3 Å². The summed E-state index contributed by atoms with van der Waals surface area (Å²) >= 11 is 0. The third kappa shape index (κ3) is 4.14. The zero-order valence-electron chi connectivity index (χ0n) is 14.6. The minimum Gasteiger partial charge on any atom is -0.458 e. The molecule has 3 rings (SSSR count). The Morgan fingerprint density at radius 1 is 1.41 bits per heavy atom. The van der Waals surface area contributed by atoms with E-state index in [1.165, 1.54) is 6.20 Å². The van der Waals surface area contributed by atoms with Crippen molar-refractivity contribution >= 4 is 24.5 Å². The summed E-state index contributed by atoms with van der Waals surface area (Å²) in [6, 6.07) is 8.47. The molecule has 27 heavy (non-hydrogen) atoms. The second kappa shape index (κ2) is 7.99. The third-order valence-electron chi connectivity index (χ3n) is 4.22. The van der Waals surface area contributed by atoms with Crippen LogP contribution in [-0.2, 0) is 27.4 Å². The molecule has 1 aromatic carbocycles. The van der Waals surface area contributed by atoms with Crippen molar-refractivity contribution in [3.8, 4) is 6.07 Å². The quantitative estimate of drug-likeness (QED) is 0.563. The van der Waals surface area contributed by atoms with E-state index in [9.17, 15) is 14.6 Å². The largest absolute Gasteiger partial charge is 0.492 e. The highest BCUT2D eigenvalue weighted by Gasteiger charge is 2.31. The van der Waals surface area contributed by atoms with E-state index in [2.05, 4.69) is 10.3 Å². The van der Waals surface area contributed by atoms with E-state index in [4.69, 9.17) is 14.7 Å². The van der Waals surface area contributed by atoms with Crippen molar-refractivity contribution in [3.05, 3.63) is 58.4 Å². The first-order valence-electron chi connectivity index (χ1n) is 8.20. The number of ether oxygens (including phenoxy) is 1. The van der Waals surface area contributed by atoms with Gasteiger partial charge < -0.3 is 19.7 Å². The molecule has 2 N–H and O–H groups in total. The maximum Gasteiger partial charge on any atom is 0.492 e. The smallest absolute Gasteiger partial charge is 0.458 e. The maximum atomic E-state index is 12.3. The Morgan fingerprint density at radius 2 is 2.22 bits per heavy atom. The molecule has 2 aromatic rings. The highest BCUT2D eigenvalue weighted by Crippen LogP contribution is 2.16. The van der Waals surface area contributed by atoms with Gasteiger partial charge in [-0.1, -0.05) is 6.07 Å². The number of carbonyl (C=O) groups excluding carboxylic acids is 2. The lowest BCUT2D eigenvalue weighted by Crippen LogP contribution is -2.35. The molecule has 0 bridgehead atoms. The molecule has 0 unspecified atom stereocenters. The second-order valence-corrected chi connectivity index (χ2v) is 5.97. The number of carbonyl (C=O) groups is 2. The number of nitrogens with one attached hydrogen (secondary N) is 1. The predicted octanol–water partition coefficient (Wildman–Crippen LogP) is -0.0474. The molecule has 1 amide bonds. The second-order valence-electron chi connectivity index (χ2n) is 5.97. The number of esters is 1. The molecule has 0 atom stereocenters. The van der Waals surface area contributed by atoms with Crippen molar-refractivity contribution in [3.63, 3.8) is 0 Å². The fraction of sp³-hybridized carbons (Fsp3) is 0.222. The lowest BCUT2D eigenvalue weighted by molar-refractivity contribution is -0.143. The van der Waals surface area contributed by atoms with E-state index >= 15 is 0 Å². The summed E-state index contributed by atoms with van der Waals surface area (Å²) in [4.78, 5) is 28.2. The number of amides is 1. The predicted molar refractivity (Wildman–Crippen MR) is 94.7 cm³/mol. The van der Waals surface area contributed by atoms with Crippen molar-refractivity contribution in [2.45, 2.75) is 20.1 Å². The number of hydrogen-bond donors (Lipinski definition) is 2. The minimum absolute atomic E-state index is 0.0538. The number of benzene rings is 1. The standard InChI is InChI=1S/C18H16BN3O5/c1-11-15(5-3-13-9-27-19(25)17(11)13)18(24)22-8-16(23)26-10-14-4-2-12(6-20)7-21-14/h2-5,7,25H,8-10H2,1H3,(H,22,24).